The molecule has 144 valence electrons. The van der Waals surface area contributed by atoms with Crippen molar-refractivity contribution < 1.29 is 19.4 Å². The van der Waals surface area contributed by atoms with E-state index in [0.717, 1.165) is 19.3 Å². The van der Waals surface area contributed by atoms with E-state index in [9.17, 15) is 14.7 Å². The van der Waals surface area contributed by atoms with Crippen molar-refractivity contribution in [3.63, 3.8) is 0 Å². The Morgan fingerprint density at radius 3 is 1.88 bits per heavy atom. The SMILES string of the molecule is CCCCCC=CCC=CCC=CCC=CCC[C@@H]1OC(=O)C(O)C1=O. The first-order valence-electron chi connectivity index (χ1n) is 9.69. The lowest BCUT2D eigenvalue weighted by Gasteiger charge is -2.03. The van der Waals surface area contributed by atoms with Crippen LogP contribution in [0.1, 0.15) is 64.7 Å². The molecule has 4 heteroatoms. The van der Waals surface area contributed by atoms with Gasteiger partial charge >= 0.3 is 5.97 Å². The van der Waals surface area contributed by atoms with Crippen LogP contribution in [0.25, 0.3) is 0 Å². The van der Waals surface area contributed by atoms with Gasteiger partial charge in [-0.05, 0) is 44.9 Å². The molecule has 0 saturated carbocycles. The molecule has 1 aliphatic heterocycles. The van der Waals surface area contributed by atoms with Gasteiger partial charge in [0.1, 0.15) is 0 Å². The fourth-order valence-corrected chi connectivity index (χ4v) is 2.56. The van der Waals surface area contributed by atoms with Gasteiger partial charge in [0.25, 0.3) is 0 Å². The molecule has 1 unspecified atom stereocenters. The first-order chi connectivity index (χ1) is 12.7. The molecule has 4 nitrogen and oxygen atoms in total. The van der Waals surface area contributed by atoms with E-state index in [4.69, 9.17) is 4.74 Å². The van der Waals surface area contributed by atoms with E-state index in [1.54, 1.807) is 0 Å². The summed E-state index contributed by atoms with van der Waals surface area (Å²) in [5.74, 6) is -1.35. The lowest BCUT2D eigenvalue weighted by molar-refractivity contribution is -0.147. The molecule has 0 spiro atoms. The zero-order valence-electron chi connectivity index (χ0n) is 15.8. The summed E-state index contributed by atoms with van der Waals surface area (Å²) >= 11 is 0. The monoisotopic (exact) mass is 360 g/mol. The van der Waals surface area contributed by atoms with E-state index >= 15 is 0 Å². The minimum atomic E-state index is -1.59. The summed E-state index contributed by atoms with van der Waals surface area (Å²) in [7, 11) is 0. The van der Waals surface area contributed by atoms with Gasteiger partial charge in [-0.2, -0.15) is 0 Å². The Hall–Kier alpha value is -1.94. The van der Waals surface area contributed by atoms with Gasteiger partial charge in [-0.1, -0.05) is 68.4 Å². The molecule has 1 fully saturated rings. The van der Waals surface area contributed by atoms with Crippen molar-refractivity contribution in [2.75, 3.05) is 0 Å². The second-order valence-corrected chi connectivity index (χ2v) is 6.40. The molecule has 0 aromatic carbocycles. The van der Waals surface area contributed by atoms with Crippen molar-refractivity contribution in [2.24, 2.45) is 0 Å². The largest absolute Gasteiger partial charge is 0.452 e. The van der Waals surface area contributed by atoms with Crippen molar-refractivity contribution in [2.45, 2.75) is 76.9 Å². The Kier molecular flexibility index (Phi) is 12.1. The van der Waals surface area contributed by atoms with Gasteiger partial charge in [0.05, 0.1) is 0 Å². The van der Waals surface area contributed by atoms with Gasteiger partial charge in [-0.25, -0.2) is 4.79 Å². The number of cyclic esters (lactones) is 1. The highest BCUT2D eigenvalue weighted by atomic mass is 16.6. The van der Waals surface area contributed by atoms with Gasteiger partial charge in [0.15, 0.2) is 6.10 Å². The normalized spacial score (nSPS) is 21.2. The highest BCUT2D eigenvalue weighted by molar-refractivity contribution is 6.08. The third-order valence-corrected chi connectivity index (χ3v) is 4.12. The number of esters is 1. The predicted molar refractivity (Wildman–Crippen MR) is 105 cm³/mol. The van der Waals surface area contributed by atoms with E-state index in [1.165, 1.54) is 25.7 Å². The average Bonchev–Trinajstić information content (AvgIpc) is 2.88. The maximum Gasteiger partial charge on any atom is 0.343 e. The Bertz CT molecular complexity index is 528. The summed E-state index contributed by atoms with van der Waals surface area (Å²) in [5, 5.41) is 9.21. The minimum absolute atomic E-state index is 0.427. The number of carbonyl (C=O) groups excluding carboxylic acids is 2. The second-order valence-electron chi connectivity index (χ2n) is 6.40. The van der Waals surface area contributed by atoms with Crippen molar-refractivity contribution in [3.8, 4) is 0 Å². The van der Waals surface area contributed by atoms with Crippen LogP contribution < -0.4 is 0 Å². The van der Waals surface area contributed by atoms with Crippen LogP contribution in [-0.2, 0) is 14.3 Å². The van der Waals surface area contributed by atoms with Crippen molar-refractivity contribution in [1.82, 2.24) is 0 Å². The molecule has 0 aromatic rings. The number of carbonyl (C=O) groups is 2. The zero-order chi connectivity index (χ0) is 19.0. The van der Waals surface area contributed by atoms with Gasteiger partial charge in [0, 0.05) is 0 Å². The highest BCUT2D eigenvalue weighted by Gasteiger charge is 2.41. The van der Waals surface area contributed by atoms with Gasteiger partial charge in [0.2, 0.25) is 11.9 Å². The summed E-state index contributed by atoms with van der Waals surface area (Å²) in [6.45, 7) is 2.22. The molecule has 0 amide bonds. The maximum atomic E-state index is 11.5. The molecule has 1 heterocycles. The first-order valence-corrected chi connectivity index (χ1v) is 9.69. The van der Waals surface area contributed by atoms with Crippen molar-refractivity contribution in [1.29, 1.82) is 0 Å². The molecule has 1 saturated heterocycles. The molecule has 1 N–H and O–H groups in total. The number of hydrogen-bond acceptors (Lipinski definition) is 4. The average molecular weight is 360 g/mol. The smallest absolute Gasteiger partial charge is 0.343 e. The van der Waals surface area contributed by atoms with Crippen LogP contribution in [0.5, 0.6) is 0 Å². The quantitative estimate of drug-likeness (QED) is 0.226. The summed E-state index contributed by atoms with van der Waals surface area (Å²) < 4.78 is 4.81. The van der Waals surface area contributed by atoms with Gasteiger partial charge in [-0.15, -0.1) is 0 Å². The zero-order valence-corrected chi connectivity index (χ0v) is 15.8. The third-order valence-electron chi connectivity index (χ3n) is 4.12. The van der Waals surface area contributed by atoms with Crippen LogP contribution in [-0.4, -0.2) is 29.1 Å². The van der Waals surface area contributed by atoms with Gasteiger partial charge < -0.3 is 9.84 Å². The fraction of sp³-hybridized carbons (Fsp3) is 0.545. The lowest BCUT2D eigenvalue weighted by atomic mass is 10.1. The van der Waals surface area contributed by atoms with E-state index in [1.807, 2.05) is 12.2 Å². The predicted octanol–water partition coefficient (Wildman–Crippen LogP) is 4.60. The molecule has 1 aliphatic rings. The van der Waals surface area contributed by atoms with E-state index in [2.05, 4.69) is 43.4 Å². The molecule has 2 atom stereocenters. The van der Waals surface area contributed by atoms with Crippen LogP contribution in [0.4, 0.5) is 0 Å². The number of allylic oxidation sites excluding steroid dienone is 8. The molecule has 0 aromatic heterocycles. The number of hydrogen-bond donors (Lipinski definition) is 1. The molecule has 0 aliphatic carbocycles. The molecule has 0 bridgehead atoms. The van der Waals surface area contributed by atoms with Crippen molar-refractivity contribution >= 4 is 11.8 Å². The highest BCUT2D eigenvalue weighted by Crippen LogP contribution is 2.16. The summed E-state index contributed by atoms with van der Waals surface area (Å²) in [6, 6.07) is 0. The van der Waals surface area contributed by atoms with E-state index < -0.39 is 24.0 Å². The number of ketones is 1. The fourth-order valence-electron chi connectivity index (χ4n) is 2.56. The molecular formula is C22H32O4. The Labute approximate surface area is 157 Å². The minimum Gasteiger partial charge on any atom is -0.452 e. The van der Waals surface area contributed by atoms with E-state index in [0.29, 0.717) is 12.8 Å². The maximum absolute atomic E-state index is 11.5. The summed E-state index contributed by atoms with van der Waals surface area (Å²) in [4.78, 5) is 22.5. The number of aliphatic hydroxyl groups excluding tert-OH is 1. The lowest BCUT2D eigenvalue weighted by Crippen LogP contribution is -2.24. The van der Waals surface area contributed by atoms with Crippen LogP contribution in [0.15, 0.2) is 48.6 Å². The summed E-state index contributed by atoms with van der Waals surface area (Å²) in [5.41, 5.74) is 0. The van der Waals surface area contributed by atoms with Crippen LogP contribution >= 0.6 is 0 Å². The summed E-state index contributed by atoms with van der Waals surface area (Å²) in [6.07, 6.45) is 23.6. The molecule has 0 radical (unpaired) electrons. The third kappa shape index (κ3) is 9.52. The first kappa shape index (κ1) is 22.1. The number of ether oxygens (including phenoxy) is 1. The molecule has 1 rings (SSSR count). The second kappa shape index (κ2) is 14.3. The topological polar surface area (TPSA) is 63.6 Å². The van der Waals surface area contributed by atoms with Crippen LogP contribution in [0.3, 0.4) is 0 Å². The Balaban J connectivity index is 2.00. The standard InChI is InChI=1S/C22H32O4/c1-2-3-4-5-6-7-8-9-10-11-12-13-14-15-16-17-18-19-20(23)21(24)22(25)26-19/h6-7,9-10,12-13,15-16,19,21,24H,2-5,8,11,14,17-18H2,1H3/t19-,21?/m0/s1. The number of rotatable bonds is 13. The van der Waals surface area contributed by atoms with E-state index in [-0.39, 0.29) is 0 Å². The number of aliphatic hydroxyl groups is 1. The Morgan fingerprint density at radius 2 is 1.38 bits per heavy atom. The number of unbranched alkanes of at least 4 members (excludes halogenated alkanes) is 3. The Morgan fingerprint density at radius 1 is 0.846 bits per heavy atom. The molecular weight excluding hydrogens is 328 g/mol. The van der Waals surface area contributed by atoms with Crippen LogP contribution in [0, 0.1) is 0 Å². The number of Topliss-reactive ketones (excluding diaryl/α,β-unsaturated/α-hetero) is 1. The molecule has 26 heavy (non-hydrogen) atoms. The van der Waals surface area contributed by atoms with Crippen LogP contribution in [0.2, 0.25) is 0 Å². The van der Waals surface area contributed by atoms with Crippen molar-refractivity contribution in [3.05, 3.63) is 48.6 Å². The van der Waals surface area contributed by atoms with Gasteiger partial charge in [-0.3, -0.25) is 4.79 Å².